The van der Waals surface area contributed by atoms with E-state index in [1.807, 2.05) is 16.5 Å². The second kappa shape index (κ2) is 8.14. The predicted molar refractivity (Wildman–Crippen MR) is 108 cm³/mol. The molecule has 156 valence electrons. The Morgan fingerprint density at radius 2 is 2.17 bits per heavy atom. The molecule has 3 heterocycles. The number of hydrogen-bond acceptors (Lipinski definition) is 7. The number of H-pyrrole nitrogens is 1. The molecule has 2 aromatic rings. The Morgan fingerprint density at radius 1 is 1.34 bits per heavy atom. The predicted octanol–water partition coefficient (Wildman–Crippen LogP) is 1.23. The molecule has 2 saturated carbocycles. The Hall–Kier alpha value is -1.81. The number of nitrogens with zero attached hydrogens (tertiary/aromatic N) is 3. The van der Waals surface area contributed by atoms with Crippen LogP contribution in [0.15, 0.2) is 17.8 Å². The lowest BCUT2D eigenvalue weighted by Gasteiger charge is -2.30. The molecule has 0 radical (unpaired) electrons. The van der Waals surface area contributed by atoms with E-state index in [1.54, 1.807) is 17.5 Å². The smallest absolute Gasteiger partial charge is 0.228 e. The third-order valence-corrected chi connectivity index (χ3v) is 7.08. The average molecular weight is 418 g/mol. The monoisotopic (exact) mass is 417 g/mol. The summed E-state index contributed by atoms with van der Waals surface area (Å²) < 4.78 is 5.37. The zero-order chi connectivity index (χ0) is 19.8. The highest BCUT2D eigenvalue weighted by Gasteiger charge is 2.48. The minimum absolute atomic E-state index is 0.0172. The van der Waals surface area contributed by atoms with Gasteiger partial charge in [0, 0.05) is 61.0 Å². The van der Waals surface area contributed by atoms with Gasteiger partial charge in [-0.2, -0.15) is 0 Å². The molecule has 2 aromatic heterocycles. The number of hydrogen-bond donors (Lipinski definition) is 3. The molecule has 5 rings (SSSR count). The van der Waals surface area contributed by atoms with Gasteiger partial charge in [0.1, 0.15) is 10.8 Å². The Morgan fingerprint density at radius 3 is 2.90 bits per heavy atom. The number of morpholine rings is 1. The van der Waals surface area contributed by atoms with Gasteiger partial charge in [-0.05, 0) is 19.3 Å². The zero-order valence-corrected chi connectivity index (χ0v) is 17.1. The molecule has 4 atom stereocenters. The van der Waals surface area contributed by atoms with Gasteiger partial charge in [-0.25, -0.2) is 9.97 Å². The van der Waals surface area contributed by atoms with Crippen molar-refractivity contribution in [2.45, 2.75) is 49.8 Å². The molecular formula is C20H27N5O3S. The number of aliphatic hydroxyl groups is 1. The van der Waals surface area contributed by atoms with E-state index in [2.05, 4.69) is 20.3 Å². The van der Waals surface area contributed by atoms with E-state index in [-0.39, 0.29) is 17.9 Å². The number of thiazole rings is 1. The van der Waals surface area contributed by atoms with Crippen LogP contribution in [0.2, 0.25) is 0 Å². The minimum atomic E-state index is -0.744. The van der Waals surface area contributed by atoms with E-state index in [9.17, 15) is 9.90 Å². The first-order valence-corrected chi connectivity index (χ1v) is 11.3. The molecule has 0 spiro atoms. The first-order chi connectivity index (χ1) is 14.2. The van der Waals surface area contributed by atoms with E-state index in [0.29, 0.717) is 45.2 Å². The summed E-state index contributed by atoms with van der Waals surface area (Å²) in [6.07, 6.45) is 5.84. The molecule has 1 saturated heterocycles. The van der Waals surface area contributed by atoms with Gasteiger partial charge in [0.25, 0.3) is 0 Å². The van der Waals surface area contributed by atoms with E-state index < -0.39 is 12.0 Å². The van der Waals surface area contributed by atoms with E-state index >= 15 is 0 Å². The third kappa shape index (κ3) is 3.96. The number of aromatic amines is 1. The van der Waals surface area contributed by atoms with Gasteiger partial charge < -0.3 is 25.0 Å². The van der Waals surface area contributed by atoms with Crippen molar-refractivity contribution >= 4 is 17.2 Å². The lowest BCUT2D eigenvalue weighted by atomic mass is 9.95. The normalized spacial score (nSPS) is 30.0. The van der Waals surface area contributed by atoms with Crippen molar-refractivity contribution in [3.8, 4) is 0 Å². The van der Waals surface area contributed by atoms with E-state index in [4.69, 9.17) is 4.74 Å². The largest absolute Gasteiger partial charge is 0.392 e. The average Bonchev–Trinajstić information content (AvgIpc) is 3.14. The Labute approximate surface area is 173 Å². The van der Waals surface area contributed by atoms with Crippen LogP contribution in [0.5, 0.6) is 0 Å². The molecule has 0 aromatic carbocycles. The maximum Gasteiger partial charge on any atom is 0.228 e. The summed E-state index contributed by atoms with van der Waals surface area (Å²) in [5.74, 6) is 0.958. The number of aliphatic hydroxyl groups excluding tert-OH is 1. The van der Waals surface area contributed by atoms with Crippen LogP contribution < -0.4 is 5.32 Å². The van der Waals surface area contributed by atoms with Crippen LogP contribution in [-0.2, 0) is 16.1 Å². The number of carbonyl (C=O) groups is 1. The van der Waals surface area contributed by atoms with E-state index in [0.717, 1.165) is 16.5 Å². The van der Waals surface area contributed by atoms with Crippen LogP contribution in [0, 0.1) is 5.92 Å². The standard InChI is InChI=1S/C20H27N5O3S/c26-18-13(20(27)25-4-6-28-7-5-25)9-14(22-11-16-21-3-8-29-16)17(18)15-10-23-19(24-15)12-1-2-12/h3,8,10,12-14,17-18,22,26H,1-2,4-7,9,11H2,(H,23,24)/t13-,14+,17+,18+/m0/s1. The van der Waals surface area contributed by atoms with Crippen molar-refractivity contribution in [1.82, 2.24) is 25.2 Å². The molecule has 1 amide bonds. The number of rotatable bonds is 6. The first-order valence-electron chi connectivity index (χ1n) is 10.4. The summed E-state index contributed by atoms with van der Waals surface area (Å²) in [5, 5.41) is 17.7. The first kappa shape index (κ1) is 19.2. The number of imidazole rings is 1. The van der Waals surface area contributed by atoms with Crippen molar-refractivity contribution in [3.63, 3.8) is 0 Å². The van der Waals surface area contributed by atoms with Crippen LogP contribution in [0.3, 0.4) is 0 Å². The lowest BCUT2D eigenvalue weighted by Crippen LogP contribution is -2.45. The van der Waals surface area contributed by atoms with Gasteiger partial charge in [-0.3, -0.25) is 4.79 Å². The van der Waals surface area contributed by atoms with Gasteiger partial charge in [0.15, 0.2) is 0 Å². The minimum Gasteiger partial charge on any atom is -0.392 e. The van der Waals surface area contributed by atoms with Crippen LogP contribution >= 0.6 is 11.3 Å². The lowest BCUT2D eigenvalue weighted by molar-refractivity contribution is -0.142. The summed E-state index contributed by atoms with van der Waals surface area (Å²) in [6, 6.07) is -0.0172. The number of aromatic nitrogens is 3. The number of nitrogens with one attached hydrogen (secondary N) is 2. The second-order valence-corrected chi connectivity index (χ2v) is 9.19. The summed E-state index contributed by atoms with van der Waals surface area (Å²) in [5.41, 5.74) is 0.924. The van der Waals surface area contributed by atoms with Crippen molar-refractivity contribution in [3.05, 3.63) is 34.3 Å². The van der Waals surface area contributed by atoms with Crippen LogP contribution in [0.1, 0.15) is 47.6 Å². The van der Waals surface area contributed by atoms with Gasteiger partial charge in [0.05, 0.1) is 25.2 Å². The molecule has 3 N–H and O–H groups in total. The highest BCUT2D eigenvalue weighted by Crippen LogP contribution is 2.42. The summed E-state index contributed by atoms with van der Waals surface area (Å²) in [6.45, 7) is 2.96. The highest BCUT2D eigenvalue weighted by atomic mass is 32.1. The fourth-order valence-electron chi connectivity index (χ4n) is 4.57. The molecule has 8 nitrogen and oxygen atoms in total. The van der Waals surface area contributed by atoms with Gasteiger partial charge in [-0.15, -0.1) is 11.3 Å². The van der Waals surface area contributed by atoms with Crippen molar-refractivity contribution in [1.29, 1.82) is 0 Å². The van der Waals surface area contributed by atoms with Gasteiger partial charge >= 0.3 is 0 Å². The van der Waals surface area contributed by atoms with Crippen LogP contribution in [0.25, 0.3) is 0 Å². The SMILES string of the molecule is O=C([C@H]1C[C@@H](NCc2nccs2)[C@H](c2cnc(C3CC3)[nH]2)[C@@H]1O)N1CCOCC1. The number of carbonyl (C=O) groups excluding carboxylic acids is 1. The molecule has 2 aliphatic carbocycles. The summed E-state index contributed by atoms with van der Waals surface area (Å²) in [4.78, 5) is 27.3. The third-order valence-electron chi connectivity index (χ3n) is 6.30. The second-order valence-electron chi connectivity index (χ2n) is 8.21. The number of ether oxygens (including phenoxy) is 1. The fraction of sp³-hybridized carbons (Fsp3) is 0.650. The van der Waals surface area contributed by atoms with E-state index in [1.165, 1.54) is 12.8 Å². The Bertz CT molecular complexity index is 831. The molecule has 3 aliphatic rings. The molecule has 1 aliphatic heterocycles. The highest BCUT2D eigenvalue weighted by molar-refractivity contribution is 7.09. The Kier molecular flexibility index (Phi) is 5.38. The summed E-state index contributed by atoms with van der Waals surface area (Å²) >= 11 is 1.60. The Balaban J connectivity index is 1.36. The van der Waals surface area contributed by atoms with Gasteiger partial charge in [0.2, 0.25) is 5.91 Å². The topological polar surface area (TPSA) is 103 Å². The molecule has 0 unspecified atom stereocenters. The zero-order valence-electron chi connectivity index (χ0n) is 16.3. The maximum absolute atomic E-state index is 13.1. The quantitative estimate of drug-likeness (QED) is 0.653. The van der Waals surface area contributed by atoms with Crippen LogP contribution in [-0.4, -0.2) is 69.3 Å². The molecule has 9 heteroatoms. The molecule has 3 fully saturated rings. The van der Waals surface area contributed by atoms with Crippen LogP contribution in [0.4, 0.5) is 0 Å². The molecule has 0 bridgehead atoms. The fourth-order valence-corrected chi connectivity index (χ4v) is 5.14. The number of amides is 1. The van der Waals surface area contributed by atoms with Crippen molar-refractivity contribution in [2.24, 2.45) is 5.92 Å². The maximum atomic E-state index is 13.1. The van der Waals surface area contributed by atoms with Gasteiger partial charge in [-0.1, -0.05) is 0 Å². The van der Waals surface area contributed by atoms with Crippen molar-refractivity contribution < 1.29 is 14.6 Å². The van der Waals surface area contributed by atoms with Crippen molar-refractivity contribution in [2.75, 3.05) is 26.3 Å². The summed E-state index contributed by atoms with van der Waals surface area (Å²) in [7, 11) is 0. The molecular weight excluding hydrogens is 390 g/mol. The molecule has 29 heavy (non-hydrogen) atoms.